The molecule has 0 bridgehead atoms. The first-order valence-electron chi connectivity index (χ1n) is 18.4. The number of carbonyl (C=O) groups is 4. The molecule has 282 valence electrons. The Hall–Kier alpha value is -3.87. The summed E-state index contributed by atoms with van der Waals surface area (Å²) in [4.78, 5) is 62.0. The molecule has 2 aromatic rings. The number of ketones is 1. The standard InChI is InChI=1S/C39H50FN3O8S/c1-23-8-6-7-9-26-20-39(26,37(47)42-52(48,49)29-12-13-29)21-33(44)32-18-28(50-35-31-17-27(40)11-10-25(31)14-15-41-35)22-43(32)36(46)30(24(2)16-23)19-34(45)51-38(3,4)5/h7,9-11,14-15,17,23-24,26,28-30,32H,6,8,12-13,16,18-22H2,1-5H3,(H,42,47)/b9-7-/t23-,24-,26-,28-,30+,32+,39-/m1/s1. The van der Waals surface area contributed by atoms with Crippen LogP contribution < -0.4 is 9.46 Å². The molecule has 3 heterocycles. The predicted octanol–water partition coefficient (Wildman–Crippen LogP) is 5.66. The van der Waals surface area contributed by atoms with E-state index in [1.807, 2.05) is 19.1 Å². The second-order valence-electron chi connectivity index (χ2n) is 16.5. The first-order chi connectivity index (χ1) is 24.5. The zero-order chi connectivity index (χ0) is 37.6. The van der Waals surface area contributed by atoms with E-state index in [0.717, 1.165) is 6.42 Å². The third-order valence-corrected chi connectivity index (χ3v) is 12.8. The van der Waals surface area contributed by atoms with Gasteiger partial charge in [0.25, 0.3) is 0 Å². The number of pyridine rings is 1. The van der Waals surface area contributed by atoms with Crippen LogP contribution in [-0.2, 0) is 33.9 Å². The lowest BCUT2D eigenvalue weighted by Gasteiger charge is -2.32. The van der Waals surface area contributed by atoms with Gasteiger partial charge in [-0.15, -0.1) is 0 Å². The second kappa shape index (κ2) is 14.5. The van der Waals surface area contributed by atoms with E-state index in [2.05, 4.69) is 16.6 Å². The van der Waals surface area contributed by atoms with Crippen LogP contribution in [0.3, 0.4) is 0 Å². The molecular formula is C39H50FN3O8S. The van der Waals surface area contributed by atoms with Gasteiger partial charge in [-0.05, 0) is 101 Å². The number of carbonyl (C=O) groups excluding carboxylic acids is 4. The topological polar surface area (TPSA) is 149 Å². The van der Waals surface area contributed by atoms with Crippen LogP contribution in [0.5, 0.6) is 5.88 Å². The van der Waals surface area contributed by atoms with E-state index in [9.17, 15) is 32.0 Å². The number of halogens is 1. The van der Waals surface area contributed by atoms with Crippen LogP contribution in [0.2, 0.25) is 0 Å². The van der Waals surface area contributed by atoms with Crippen LogP contribution in [0, 0.1) is 34.9 Å². The second-order valence-corrected chi connectivity index (χ2v) is 18.4. The normalized spacial score (nSPS) is 30.8. The molecule has 2 saturated carbocycles. The van der Waals surface area contributed by atoms with Crippen LogP contribution in [0.4, 0.5) is 4.39 Å². The Bertz CT molecular complexity index is 1870. The molecule has 6 rings (SSSR count). The summed E-state index contributed by atoms with van der Waals surface area (Å²) in [7, 11) is -3.86. The fourth-order valence-electron chi connectivity index (χ4n) is 7.91. The molecule has 11 nitrogen and oxygen atoms in total. The summed E-state index contributed by atoms with van der Waals surface area (Å²) in [5.41, 5.74) is -2.03. The Morgan fingerprint density at radius 1 is 1.10 bits per heavy atom. The molecular weight excluding hydrogens is 690 g/mol. The number of aromatic nitrogens is 1. The number of benzene rings is 1. The molecule has 4 aliphatic rings. The van der Waals surface area contributed by atoms with Gasteiger partial charge in [0, 0.05) is 24.4 Å². The minimum absolute atomic E-state index is 0.00565. The largest absolute Gasteiger partial charge is 0.472 e. The third kappa shape index (κ3) is 8.50. The number of ether oxygens (including phenoxy) is 2. The minimum Gasteiger partial charge on any atom is -0.472 e. The van der Waals surface area contributed by atoms with Gasteiger partial charge >= 0.3 is 5.97 Å². The smallest absolute Gasteiger partial charge is 0.307 e. The van der Waals surface area contributed by atoms with Gasteiger partial charge in [-0.2, -0.15) is 0 Å². The number of hydrogen-bond donors (Lipinski definition) is 1. The number of Topliss-reactive ketones (excluding diaryl/α,β-unsaturated/α-hetero) is 1. The number of rotatable bonds is 7. The van der Waals surface area contributed by atoms with Gasteiger partial charge in [0.1, 0.15) is 17.5 Å². The van der Waals surface area contributed by atoms with Crippen molar-refractivity contribution in [3.63, 3.8) is 0 Å². The quantitative estimate of drug-likeness (QED) is 0.281. The molecule has 52 heavy (non-hydrogen) atoms. The summed E-state index contributed by atoms with van der Waals surface area (Å²) in [6.45, 7) is 9.33. The number of nitrogens with zero attached hydrogens (tertiary/aromatic N) is 2. The molecule has 0 spiro atoms. The summed E-state index contributed by atoms with van der Waals surface area (Å²) < 4.78 is 54.3. The van der Waals surface area contributed by atoms with Crippen LogP contribution >= 0.6 is 0 Å². The van der Waals surface area contributed by atoms with Crippen LogP contribution in [0.1, 0.15) is 92.4 Å². The van der Waals surface area contributed by atoms with Gasteiger partial charge in [0.2, 0.25) is 27.7 Å². The van der Waals surface area contributed by atoms with Crippen molar-refractivity contribution in [2.45, 2.75) is 115 Å². The zero-order valence-electron chi connectivity index (χ0n) is 30.6. The first-order valence-corrected chi connectivity index (χ1v) is 20.0. The van der Waals surface area contributed by atoms with Crippen molar-refractivity contribution in [1.82, 2.24) is 14.6 Å². The van der Waals surface area contributed by atoms with Crippen molar-refractivity contribution in [3.8, 4) is 5.88 Å². The van der Waals surface area contributed by atoms with Gasteiger partial charge in [-0.1, -0.05) is 32.1 Å². The van der Waals surface area contributed by atoms with Crippen molar-refractivity contribution >= 4 is 44.4 Å². The Morgan fingerprint density at radius 3 is 2.56 bits per heavy atom. The molecule has 1 saturated heterocycles. The van der Waals surface area contributed by atoms with Crippen molar-refractivity contribution in [1.29, 1.82) is 0 Å². The van der Waals surface area contributed by atoms with E-state index in [0.29, 0.717) is 42.9 Å². The average Bonchev–Trinajstić information content (AvgIpc) is 3.98. The van der Waals surface area contributed by atoms with Crippen LogP contribution in [-0.4, -0.2) is 71.4 Å². The molecule has 0 unspecified atom stereocenters. The monoisotopic (exact) mass is 739 g/mol. The summed E-state index contributed by atoms with van der Waals surface area (Å²) >= 11 is 0. The number of nitrogens with one attached hydrogen (secondary N) is 1. The number of fused-ring (bicyclic) bond motifs is 3. The average molecular weight is 740 g/mol. The molecule has 13 heteroatoms. The highest BCUT2D eigenvalue weighted by atomic mass is 32.2. The SMILES string of the molecule is C[C@@H]1CC/C=C\[C@@H]2C[C@@]2(C(=O)NS(=O)(=O)C2CC2)CC(=O)[C@@H]2C[C@@H](Oc3nccc4ccc(F)cc34)CN2C(=O)[C@@H](CC(=O)OC(C)(C)C)[C@H](C)C1. The van der Waals surface area contributed by atoms with Gasteiger partial charge in [0.05, 0.1) is 35.6 Å². The van der Waals surface area contributed by atoms with Gasteiger partial charge in [0.15, 0.2) is 5.78 Å². The number of hydrogen-bond acceptors (Lipinski definition) is 9. The molecule has 2 aliphatic carbocycles. The Morgan fingerprint density at radius 2 is 1.85 bits per heavy atom. The highest BCUT2D eigenvalue weighted by Crippen LogP contribution is 2.57. The lowest BCUT2D eigenvalue weighted by Crippen LogP contribution is -2.47. The summed E-state index contributed by atoms with van der Waals surface area (Å²) in [5.74, 6) is -3.48. The summed E-state index contributed by atoms with van der Waals surface area (Å²) in [6.07, 6.45) is 7.80. The van der Waals surface area contributed by atoms with E-state index >= 15 is 0 Å². The van der Waals surface area contributed by atoms with E-state index in [4.69, 9.17) is 9.47 Å². The number of sulfonamides is 1. The minimum atomic E-state index is -3.86. The predicted molar refractivity (Wildman–Crippen MR) is 192 cm³/mol. The van der Waals surface area contributed by atoms with Crippen LogP contribution in [0.25, 0.3) is 10.8 Å². The van der Waals surface area contributed by atoms with E-state index < -0.39 is 67.8 Å². The lowest BCUT2D eigenvalue weighted by atomic mass is 9.82. The Kier molecular flexibility index (Phi) is 10.6. The number of amides is 2. The zero-order valence-corrected chi connectivity index (χ0v) is 31.4. The van der Waals surface area contributed by atoms with Crippen molar-refractivity contribution in [2.24, 2.45) is 29.1 Å². The molecule has 1 aromatic carbocycles. The van der Waals surface area contributed by atoms with Gasteiger partial charge in [-0.25, -0.2) is 17.8 Å². The first kappa shape index (κ1) is 37.9. The highest BCUT2D eigenvalue weighted by molar-refractivity contribution is 7.90. The maximum atomic E-state index is 14.7. The van der Waals surface area contributed by atoms with Crippen LogP contribution in [0.15, 0.2) is 42.6 Å². The molecule has 2 amide bonds. The number of esters is 1. The van der Waals surface area contributed by atoms with Gasteiger partial charge in [-0.3, -0.25) is 23.9 Å². The van der Waals surface area contributed by atoms with E-state index in [1.165, 1.54) is 17.0 Å². The third-order valence-electron chi connectivity index (χ3n) is 10.9. The molecule has 7 atom stereocenters. The molecule has 1 N–H and O–H groups in total. The Balaban J connectivity index is 1.34. The van der Waals surface area contributed by atoms with Crippen molar-refractivity contribution < 1.29 is 41.5 Å². The molecule has 3 fully saturated rings. The van der Waals surface area contributed by atoms with E-state index in [-0.39, 0.29) is 55.3 Å². The fourth-order valence-corrected chi connectivity index (χ4v) is 9.30. The summed E-state index contributed by atoms with van der Waals surface area (Å²) in [6, 6.07) is 4.98. The van der Waals surface area contributed by atoms with E-state index in [1.54, 1.807) is 39.1 Å². The lowest BCUT2D eigenvalue weighted by molar-refractivity contribution is -0.160. The Labute approximate surface area is 305 Å². The summed E-state index contributed by atoms with van der Waals surface area (Å²) in [5, 5.41) is 0.532. The van der Waals surface area contributed by atoms with Gasteiger partial charge < -0.3 is 14.4 Å². The van der Waals surface area contributed by atoms with Crippen molar-refractivity contribution in [2.75, 3.05) is 6.54 Å². The molecule has 1 aromatic heterocycles. The fraction of sp³-hybridized carbons (Fsp3) is 0.615. The molecule has 2 aliphatic heterocycles. The number of allylic oxidation sites excluding steroid dienone is 2. The highest BCUT2D eigenvalue weighted by Gasteiger charge is 2.61. The maximum Gasteiger partial charge on any atom is 0.307 e. The van der Waals surface area contributed by atoms with Crippen molar-refractivity contribution in [3.05, 3.63) is 48.4 Å². The maximum absolute atomic E-state index is 14.7. The molecule has 0 radical (unpaired) electrons.